The monoisotopic (exact) mass is 324 g/mol. The highest BCUT2D eigenvalue weighted by Crippen LogP contribution is 2.30. The van der Waals surface area contributed by atoms with Gasteiger partial charge in [0.1, 0.15) is 5.78 Å². The minimum atomic E-state index is 0.0564. The highest BCUT2D eigenvalue weighted by Gasteiger charge is 2.16. The summed E-state index contributed by atoms with van der Waals surface area (Å²) in [5.74, 6) is 6.22. The van der Waals surface area contributed by atoms with Gasteiger partial charge in [-0.15, -0.1) is 0 Å². The fraction of sp³-hybridized carbons (Fsp3) is 0.381. The molecule has 2 N–H and O–H groups in total. The van der Waals surface area contributed by atoms with E-state index in [2.05, 4.69) is 57.2 Å². The molecule has 0 fully saturated rings. The van der Waals surface area contributed by atoms with Crippen LogP contribution >= 0.6 is 0 Å². The van der Waals surface area contributed by atoms with Crippen molar-refractivity contribution in [3.8, 4) is 11.1 Å². The maximum Gasteiger partial charge on any atom is 0.129 e. The molecule has 0 bridgehead atoms. The summed E-state index contributed by atoms with van der Waals surface area (Å²) in [6, 6.07) is 13.2. The Kier molecular flexibility index (Phi) is 5.92. The van der Waals surface area contributed by atoms with Gasteiger partial charge in [0.2, 0.25) is 0 Å². The molecule has 128 valence electrons. The van der Waals surface area contributed by atoms with Gasteiger partial charge in [0.25, 0.3) is 0 Å². The van der Waals surface area contributed by atoms with Gasteiger partial charge in [-0.05, 0) is 56.4 Å². The summed E-state index contributed by atoms with van der Waals surface area (Å²) < 4.78 is 0. The zero-order chi connectivity index (χ0) is 17.9. The van der Waals surface area contributed by atoms with Gasteiger partial charge in [-0.1, -0.05) is 47.5 Å². The molecule has 24 heavy (non-hydrogen) atoms. The standard InChI is InChI=1S/C21H28N2O/c1-14-10-15(2)12-19(11-14)20-8-7-18(13-16(20)3)21(23(5)22)9-6-17(4)24/h7-8,10-13,21H,6,9,22H2,1-5H3. The predicted octanol–water partition coefficient (Wildman–Crippen LogP) is 4.49. The summed E-state index contributed by atoms with van der Waals surface area (Å²) in [4.78, 5) is 11.3. The summed E-state index contributed by atoms with van der Waals surface area (Å²) in [6.07, 6.45) is 1.29. The molecule has 2 aromatic rings. The molecule has 2 rings (SSSR count). The Morgan fingerprint density at radius 3 is 2.21 bits per heavy atom. The summed E-state index contributed by atoms with van der Waals surface area (Å²) >= 11 is 0. The summed E-state index contributed by atoms with van der Waals surface area (Å²) in [6.45, 7) is 8.01. The van der Waals surface area contributed by atoms with Crippen LogP contribution in [0.25, 0.3) is 11.1 Å². The normalized spacial score (nSPS) is 12.5. The zero-order valence-electron chi connectivity index (χ0n) is 15.4. The van der Waals surface area contributed by atoms with Gasteiger partial charge in [-0.25, -0.2) is 5.01 Å². The van der Waals surface area contributed by atoms with Gasteiger partial charge in [0, 0.05) is 19.5 Å². The van der Waals surface area contributed by atoms with Crippen molar-refractivity contribution >= 4 is 5.78 Å². The first-order valence-corrected chi connectivity index (χ1v) is 8.44. The molecule has 3 nitrogen and oxygen atoms in total. The molecular weight excluding hydrogens is 296 g/mol. The third-order valence-corrected chi connectivity index (χ3v) is 4.43. The number of carbonyl (C=O) groups excluding carboxylic acids is 1. The van der Waals surface area contributed by atoms with Crippen LogP contribution in [0.2, 0.25) is 0 Å². The Morgan fingerprint density at radius 2 is 1.71 bits per heavy atom. The Labute approximate surface area is 145 Å². The lowest BCUT2D eigenvalue weighted by atomic mass is 9.92. The number of hydrazine groups is 1. The molecule has 3 heteroatoms. The maximum atomic E-state index is 11.3. The molecule has 1 atom stereocenters. The third-order valence-electron chi connectivity index (χ3n) is 4.43. The average Bonchev–Trinajstić information content (AvgIpc) is 2.45. The van der Waals surface area contributed by atoms with E-state index in [1.807, 2.05) is 7.05 Å². The number of ketones is 1. The van der Waals surface area contributed by atoms with Crippen molar-refractivity contribution in [3.63, 3.8) is 0 Å². The minimum Gasteiger partial charge on any atom is -0.300 e. The van der Waals surface area contributed by atoms with Crippen LogP contribution in [0.15, 0.2) is 36.4 Å². The molecule has 2 aromatic carbocycles. The first kappa shape index (κ1) is 18.4. The molecule has 0 spiro atoms. The van der Waals surface area contributed by atoms with Crippen LogP contribution in [-0.4, -0.2) is 17.8 Å². The largest absolute Gasteiger partial charge is 0.300 e. The van der Waals surface area contributed by atoms with Gasteiger partial charge < -0.3 is 4.79 Å². The number of nitrogens with two attached hydrogens (primary N) is 1. The lowest BCUT2D eigenvalue weighted by molar-refractivity contribution is -0.117. The van der Waals surface area contributed by atoms with Crippen molar-refractivity contribution in [2.75, 3.05) is 7.05 Å². The van der Waals surface area contributed by atoms with Crippen molar-refractivity contribution < 1.29 is 4.79 Å². The van der Waals surface area contributed by atoms with E-state index < -0.39 is 0 Å². The summed E-state index contributed by atoms with van der Waals surface area (Å²) in [5, 5.41) is 1.70. The van der Waals surface area contributed by atoms with E-state index >= 15 is 0 Å². The number of carbonyl (C=O) groups is 1. The molecule has 0 aliphatic heterocycles. The third kappa shape index (κ3) is 4.53. The van der Waals surface area contributed by atoms with Crippen molar-refractivity contribution in [1.82, 2.24) is 5.01 Å². The van der Waals surface area contributed by atoms with E-state index in [0.29, 0.717) is 6.42 Å². The molecule has 0 aromatic heterocycles. The molecule has 0 aliphatic carbocycles. The van der Waals surface area contributed by atoms with E-state index in [0.717, 1.165) is 12.0 Å². The van der Waals surface area contributed by atoms with E-state index in [1.165, 1.54) is 27.8 Å². The summed E-state index contributed by atoms with van der Waals surface area (Å²) in [5.41, 5.74) is 7.43. The zero-order valence-corrected chi connectivity index (χ0v) is 15.4. The van der Waals surface area contributed by atoms with Crippen LogP contribution < -0.4 is 5.84 Å². The van der Waals surface area contributed by atoms with Gasteiger partial charge in [-0.3, -0.25) is 5.84 Å². The maximum absolute atomic E-state index is 11.3. The second kappa shape index (κ2) is 7.73. The van der Waals surface area contributed by atoms with Gasteiger partial charge in [-0.2, -0.15) is 0 Å². The Morgan fingerprint density at radius 1 is 1.08 bits per heavy atom. The van der Waals surface area contributed by atoms with Crippen molar-refractivity contribution in [1.29, 1.82) is 0 Å². The first-order chi connectivity index (χ1) is 11.3. The number of benzene rings is 2. The molecule has 0 saturated heterocycles. The molecule has 0 heterocycles. The number of hydrogen-bond acceptors (Lipinski definition) is 3. The highest BCUT2D eigenvalue weighted by atomic mass is 16.1. The number of nitrogens with zero attached hydrogens (tertiary/aromatic N) is 1. The highest BCUT2D eigenvalue weighted by molar-refractivity contribution is 5.75. The fourth-order valence-electron chi connectivity index (χ4n) is 3.29. The van der Waals surface area contributed by atoms with Crippen molar-refractivity contribution in [3.05, 3.63) is 58.7 Å². The molecule has 0 radical (unpaired) electrons. The van der Waals surface area contributed by atoms with Crippen LogP contribution in [0.1, 0.15) is 48.1 Å². The van der Waals surface area contributed by atoms with Crippen molar-refractivity contribution in [2.24, 2.45) is 5.84 Å². The molecule has 0 amide bonds. The number of aryl methyl sites for hydroxylation is 3. The Hall–Kier alpha value is -1.97. The summed E-state index contributed by atoms with van der Waals surface area (Å²) in [7, 11) is 1.86. The number of Topliss-reactive ketones (excluding diaryl/α,β-unsaturated/α-hetero) is 1. The van der Waals surface area contributed by atoms with E-state index in [4.69, 9.17) is 5.84 Å². The second-order valence-electron chi connectivity index (χ2n) is 6.87. The lowest BCUT2D eigenvalue weighted by Gasteiger charge is -2.25. The van der Waals surface area contributed by atoms with Crippen LogP contribution in [0, 0.1) is 20.8 Å². The Bertz CT molecular complexity index is 714. The topological polar surface area (TPSA) is 46.3 Å². The second-order valence-corrected chi connectivity index (χ2v) is 6.87. The van der Waals surface area contributed by atoms with Crippen molar-refractivity contribution in [2.45, 2.75) is 46.6 Å². The van der Waals surface area contributed by atoms with Gasteiger partial charge >= 0.3 is 0 Å². The Balaban J connectivity index is 2.35. The van der Waals surface area contributed by atoms with E-state index in [-0.39, 0.29) is 11.8 Å². The lowest BCUT2D eigenvalue weighted by Crippen LogP contribution is -2.31. The first-order valence-electron chi connectivity index (χ1n) is 8.44. The van der Waals surface area contributed by atoms with Gasteiger partial charge in [0.15, 0.2) is 0 Å². The molecule has 0 aliphatic rings. The molecular formula is C21H28N2O. The van der Waals surface area contributed by atoms with E-state index in [1.54, 1.807) is 11.9 Å². The predicted molar refractivity (Wildman–Crippen MR) is 101 cm³/mol. The SMILES string of the molecule is CC(=O)CCC(c1ccc(-c2cc(C)cc(C)c2)c(C)c1)N(C)N. The average molecular weight is 324 g/mol. The van der Waals surface area contributed by atoms with E-state index in [9.17, 15) is 4.79 Å². The smallest absolute Gasteiger partial charge is 0.129 e. The minimum absolute atomic E-state index is 0.0564. The number of hydrogen-bond donors (Lipinski definition) is 1. The molecule has 0 saturated carbocycles. The molecule has 1 unspecified atom stereocenters. The van der Waals surface area contributed by atoms with Crippen LogP contribution in [0.3, 0.4) is 0 Å². The van der Waals surface area contributed by atoms with Crippen LogP contribution in [-0.2, 0) is 4.79 Å². The quantitative estimate of drug-likeness (QED) is 0.629. The number of rotatable bonds is 6. The van der Waals surface area contributed by atoms with Crippen LogP contribution in [0.4, 0.5) is 0 Å². The fourth-order valence-corrected chi connectivity index (χ4v) is 3.29. The van der Waals surface area contributed by atoms with Gasteiger partial charge in [0.05, 0.1) is 0 Å². The van der Waals surface area contributed by atoms with Crippen LogP contribution in [0.5, 0.6) is 0 Å².